The minimum absolute atomic E-state index is 0.0857. The molecule has 13 heavy (non-hydrogen) atoms. The predicted molar refractivity (Wildman–Crippen MR) is 47.3 cm³/mol. The monoisotopic (exact) mass is 176 g/mol. The molecule has 2 rings (SSSR count). The first-order chi connectivity index (χ1) is 6.20. The topological polar surface area (TPSA) is 60.7 Å². The number of nitrogens with zero attached hydrogens (tertiary/aromatic N) is 4. The Labute approximate surface area is 74.1 Å². The van der Waals surface area contributed by atoms with Gasteiger partial charge in [0.1, 0.15) is 0 Å². The van der Waals surface area contributed by atoms with Crippen molar-refractivity contribution in [1.82, 2.24) is 19.7 Å². The molecule has 0 atom stereocenters. The van der Waals surface area contributed by atoms with Crippen molar-refractivity contribution in [3.63, 3.8) is 0 Å². The average molecular weight is 176 g/mol. The smallest absolute Gasteiger partial charge is 0.262 e. The van der Waals surface area contributed by atoms with Crippen LogP contribution < -0.4 is 5.56 Å². The van der Waals surface area contributed by atoms with Crippen molar-refractivity contribution in [3.05, 3.63) is 28.4 Å². The van der Waals surface area contributed by atoms with Crippen LogP contribution in [0.4, 0.5) is 0 Å². The van der Waals surface area contributed by atoms with Crippen LogP contribution in [0.15, 0.2) is 17.3 Å². The number of aryl methyl sites for hydroxylation is 2. The summed E-state index contributed by atoms with van der Waals surface area (Å²) in [5.41, 5.74) is 1.12. The second-order valence-corrected chi connectivity index (χ2v) is 2.89. The molecule has 2 aromatic heterocycles. The van der Waals surface area contributed by atoms with Crippen LogP contribution in [-0.2, 0) is 7.05 Å². The highest BCUT2D eigenvalue weighted by Gasteiger charge is 2.05. The third kappa shape index (κ3) is 1.09. The van der Waals surface area contributed by atoms with E-state index in [-0.39, 0.29) is 5.56 Å². The van der Waals surface area contributed by atoms with Crippen molar-refractivity contribution >= 4 is 11.0 Å². The van der Waals surface area contributed by atoms with E-state index in [9.17, 15) is 4.79 Å². The van der Waals surface area contributed by atoms with Gasteiger partial charge in [0, 0.05) is 7.05 Å². The van der Waals surface area contributed by atoms with Crippen LogP contribution in [0, 0.1) is 6.92 Å². The van der Waals surface area contributed by atoms with Gasteiger partial charge < -0.3 is 4.57 Å². The predicted octanol–water partition coefficient (Wildman–Crippen LogP) is 0.0319. The van der Waals surface area contributed by atoms with Gasteiger partial charge >= 0.3 is 0 Å². The summed E-state index contributed by atoms with van der Waals surface area (Å²) >= 11 is 0. The van der Waals surface area contributed by atoms with Crippen LogP contribution in [0.3, 0.4) is 0 Å². The van der Waals surface area contributed by atoms with Crippen LogP contribution in [0.1, 0.15) is 5.56 Å². The molecule has 0 aliphatic carbocycles. The quantitative estimate of drug-likeness (QED) is 0.568. The van der Waals surface area contributed by atoms with Gasteiger partial charge in [0.25, 0.3) is 5.56 Å². The van der Waals surface area contributed by atoms with Crippen molar-refractivity contribution in [2.75, 3.05) is 0 Å². The molecule has 0 amide bonds. The summed E-state index contributed by atoms with van der Waals surface area (Å²) in [6, 6.07) is 0. The van der Waals surface area contributed by atoms with Crippen molar-refractivity contribution in [1.29, 1.82) is 0 Å². The van der Waals surface area contributed by atoms with Gasteiger partial charge in [0.05, 0.1) is 17.9 Å². The van der Waals surface area contributed by atoms with E-state index in [1.807, 2.05) is 6.92 Å². The number of hydrogen-bond acceptors (Lipinski definition) is 4. The molecule has 5 nitrogen and oxygen atoms in total. The molecule has 0 saturated heterocycles. The molecule has 2 heterocycles. The van der Waals surface area contributed by atoms with E-state index in [1.54, 1.807) is 13.2 Å². The van der Waals surface area contributed by atoms with Crippen LogP contribution >= 0.6 is 0 Å². The van der Waals surface area contributed by atoms with Gasteiger partial charge in [-0.05, 0) is 12.5 Å². The summed E-state index contributed by atoms with van der Waals surface area (Å²) in [5.74, 6) is 0. The van der Waals surface area contributed by atoms with Crippen molar-refractivity contribution in [2.24, 2.45) is 7.05 Å². The highest BCUT2D eigenvalue weighted by molar-refractivity contribution is 5.75. The molecule has 2 aromatic rings. The largest absolute Gasteiger partial charge is 0.302 e. The maximum absolute atomic E-state index is 11.6. The van der Waals surface area contributed by atoms with Crippen molar-refractivity contribution in [3.8, 4) is 0 Å². The molecule has 0 unspecified atom stereocenters. The van der Waals surface area contributed by atoms with Crippen LogP contribution in [-0.4, -0.2) is 19.7 Å². The third-order valence-electron chi connectivity index (χ3n) is 1.91. The number of hydrogen-bond donors (Lipinski definition) is 0. The number of rotatable bonds is 0. The van der Waals surface area contributed by atoms with E-state index in [2.05, 4.69) is 15.2 Å². The van der Waals surface area contributed by atoms with Crippen LogP contribution in [0.25, 0.3) is 11.0 Å². The lowest BCUT2D eigenvalue weighted by molar-refractivity contribution is 0.833. The summed E-state index contributed by atoms with van der Waals surface area (Å²) in [6.45, 7) is 1.82. The molecule has 0 bridgehead atoms. The fourth-order valence-corrected chi connectivity index (χ4v) is 1.19. The molecule has 0 aliphatic rings. The fourth-order valence-electron chi connectivity index (χ4n) is 1.19. The van der Waals surface area contributed by atoms with Crippen LogP contribution in [0.5, 0.6) is 0 Å². The second-order valence-electron chi connectivity index (χ2n) is 2.89. The van der Waals surface area contributed by atoms with Crippen molar-refractivity contribution in [2.45, 2.75) is 6.92 Å². The summed E-state index contributed by atoms with van der Waals surface area (Å²) in [5, 5.41) is 8.03. The summed E-state index contributed by atoms with van der Waals surface area (Å²) < 4.78 is 1.43. The maximum atomic E-state index is 11.6. The first-order valence-corrected chi connectivity index (χ1v) is 3.84. The van der Waals surface area contributed by atoms with Gasteiger partial charge in [-0.25, -0.2) is 4.98 Å². The minimum atomic E-state index is -0.0857. The molecule has 0 radical (unpaired) electrons. The molecule has 0 spiro atoms. The van der Waals surface area contributed by atoms with Gasteiger partial charge in [-0.15, -0.1) is 5.10 Å². The Balaban J connectivity index is 3.06. The molecular weight excluding hydrogens is 168 g/mol. The molecule has 0 N–H and O–H groups in total. The molecule has 5 heteroatoms. The SMILES string of the molecule is Cc1cnnc2ncn(C)c(=O)c12. The molecule has 66 valence electrons. The van der Waals surface area contributed by atoms with Gasteiger partial charge in [0.15, 0.2) is 5.65 Å². The average Bonchev–Trinajstić information content (AvgIpc) is 2.12. The van der Waals surface area contributed by atoms with Gasteiger partial charge in [-0.3, -0.25) is 4.79 Å². The van der Waals surface area contributed by atoms with Crippen LogP contribution in [0.2, 0.25) is 0 Å². The van der Waals surface area contributed by atoms with E-state index < -0.39 is 0 Å². The zero-order valence-corrected chi connectivity index (χ0v) is 7.35. The zero-order chi connectivity index (χ0) is 9.42. The van der Waals surface area contributed by atoms with Gasteiger partial charge in [-0.1, -0.05) is 0 Å². The Morgan fingerprint density at radius 3 is 3.00 bits per heavy atom. The Hall–Kier alpha value is -1.78. The number of aromatic nitrogens is 4. The summed E-state index contributed by atoms with van der Waals surface area (Å²) in [6.07, 6.45) is 3.00. The molecule has 0 aromatic carbocycles. The third-order valence-corrected chi connectivity index (χ3v) is 1.91. The first kappa shape index (κ1) is 7.85. The Morgan fingerprint density at radius 1 is 1.46 bits per heavy atom. The van der Waals surface area contributed by atoms with E-state index >= 15 is 0 Å². The van der Waals surface area contributed by atoms with Gasteiger partial charge in [0.2, 0.25) is 0 Å². The highest BCUT2D eigenvalue weighted by atomic mass is 16.1. The fraction of sp³-hybridized carbons (Fsp3) is 0.250. The lowest BCUT2D eigenvalue weighted by atomic mass is 10.2. The van der Waals surface area contributed by atoms with E-state index in [1.165, 1.54) is 10.9 Å². The Bertz CT molecular complexity index is 517. The number of fused-ring (bicyclic) bond motifs is 1. The van der Waals surface area contributed by atoms with E-state index in [0.717, 1.165) is 5.56 Å². The lowest BCUT2D eigenvalue weighted by Crippen LogP contribution is -2.18. The maximum Gasteiger partial charge on any atom is 0.262 e. The van der Waals surface area contributed by atoms with E-state index in [0.29, 0.717) is 11.0 Å². The Kier molecular flexibility index (Phi) is 1.58. The standard InChI is InChI=1S/C8H8N4O/c1-5-3-10-11-7-6(5)8(13)12(2)4-9-7/h3-4H,1-2H3. The highest BCUT2D eigenvalue weighted by Crippen LogP contribution is 2.05. The summed E-state index contributed by atoms with van der Waals surface area (Å²) in [7, 11) is 1.66. The Morgan fingerprint density at radius 2 is 2.23 bits per heavy atom. The zero-order valence-electron chi connectivity index (χ0n) is 7.35. The minimum Gasteiger partial charge on any atom is -0.302 e. The molecule has 0 saturated carbocycles. The molecule has 0 fully saturated rings. The summed E-state index contributed by atoms with van der Waals surface area (Å²) in [4.78, 5) is 15.6. The normalized spacial score (nSPS) is 10.6. The first-order valence-electron chi connectivity index (χ1n) is 3.84. The van der Waals surface area contributed by atoms with Crippen molar-refractivity contribution < 1.29 is 0 Å². The van der Waals surface area contributed by atoms with Gasteiger partial charge in [-0.2, -0.15) is 5.10 Å². The molecule has 0 aliphatic heterocycles. The van der Waals surface area contributed by atoms with E-state index in [4.69, 9.17) is 0 Å². The second kappa shape index (κ2) is 2.62. The lowest BCUT2D eigenvalue weighted by Gasteiger charge is -2.00. The molecular formula is C8H8N4O.